The first kappa shape index (κ1) is 6.57. The predicted octanol–water partition coefficient (Wildman–Crippen LogP) is 1.10. The van der Waals surface area contributed by atoms with Gasteiger partial charge in [-0.2, -0.15) is 5.21 Å². The minimum Gasteiger partial charge on any atom is -0.177 e. The molecular weight excluding hydrogens is 152 g/mol. The highest BCUT2D eigenvalue weighted by Gasteiger charge is 2.41. The van der Waals surface area contributed by atoms with Crippen LogP contribution in [0.4, 0.5) is 0 Å². The summed E-state index contributed by atoms with van der Waals surface area (Å²) in [5, 5.41) is 14.3. The molecule has 1 aromatic rings. The molecule has 0 aromatic carbocycles. The Labute approximate surface area is 70.7 Å². The van der Waals surface area contributed by atoms with Gasteiger partial charge in [0.1, 0.15) is 0 Å². The summed E-state index contributed by atoms with van der Waals surface area (Å²) in [6.45, 7) is 0. The van der Waals surface area contributed by atoms with Crippen molar-refractivity contribution >= 4 is 0 Å². The smallest absolute Gasteiger partial charge is 0.177 e. The Morgan fingerprint density at radius 1 is 1.25 bits per heavy atom. The molecule has 12 heavy (non-hydrogen) atoms. The molecule has 1 heterocycles. The lowest BCUT2D eigenvalue weighted by molar-refractivity contribution is 0.405. The Hall–Kier alpha value is -0.930. The summed E-state index contributed by atoms with van der Waals surface area (Å²) in [5.41, 5.74) is 0. The number of hydrogen-bond acceptors (Lipinski definition) is 3. The predicted molar refractivity (Wildman–Crippen MR) is 42.4 cm³/mol. The maximum Gasteiger partial charge on any atom is 0.177 e. The van der Waals surface area contributed by atoms with Crippen molar-refractivity contribution < 1.29 is 0 Å². The standard InChI is InChI=1S/C8H12N4/c1-2-6-3-5(1)4-7(6)8-9-11-12-10-8/h5-7H,1-4H2,(H,9,10,11,12). The second-order valence-corrected chi connectivity index (χ2v) is 4.05. The number of hydrogen-bond donors (Lipinski definition) is 1. The van der Waals surface area contributed by atoms with Crippen molar-refractivity contribution in [3.8, 4) is 0 Å². The molecule has 2 saturated carbocycles. The number of nitrogens with zero attached hydrogens (tertiary/aromatic N) is 3. The van der Waals surface area contributed by atoms with Gasteiger partial charge in [-0.25, -0.2) is 0 Å². The average Bonchev–Trinajstić information content (AvgIpc) is 2.81. The lowest BCUT2D eigenvalue weighted by atomic mass is 9.88. The van der Waals surface area contributed by atoms with Gasteiger partial charge in [0, 0.05) is 5.92 Å². The molecule has 0 amide bonds. The third-order valence-electron chi connectivity index (χ3n) is 3.43. The Morgan fingerprint density at radius 2 is 2.25 bits per heavy atom. The van der Waals surface area contributed by atoms with Gasteiger partial charge in [0.25, 0.3) is 0 Å². The molecule has 2 fully saturated rings. The molecule has 1 aromatic heterocycles. The van der Waals surface area contributed by atoms with Crippen molar-refractivity contribution in [2.24, 2.45) is 11.8 Å². The highest BCUT2D eigenvalue weighted by molar-refractivity contribution is 5.04. The highest BCUT2D eigenvalue weighted by Crippen LogP contribution is 2.51. The number of aromatic nitrogens is 4. The van der Waals surface area contributed by atoms with Gasteiger partial charge in [-0.3, -0.25) is 0 Å². The van der Waals surface area contributed by atoms with E-state index in [1.807, 2.05) is 0 Å². The van der Waals surface area contributed by atoms with Gasteiger partial charge in [-0.05, 0) is 31.1 Å². The molecule has 64 valence electrons. The molecule has 3 atom stereocenters. The molecule has 1 N–H and O–H groups in total. The van der Waals surface area contributed by atoms with Gasteiger partial charge in [0.2, 0.25) is 0 Å². The maximum absolute atomic E-state index is 4.07. The summed E-state index contributed by atoms with van der Waals surface area (Å²) in [5.74, 6) is 3.37. The highest BCUT2D eigenvalue weighted by atomic mass is 15.5. The van der Waals surface area contributed by atoms with Gasteiger partial charge in [-0.1, -0.05) is 11.6 Å². The van der Waals surface area contributed by atoms with E-state index >= 15 is 0 Å². The maximum atomic E-state index is 4.07. The summed E-state index contributed by atoms with van der Waals surface area (Å²) in [7, 11) is 0. The first-order valence-electron chi connectivity index (χ1n) is 4.67. The number of aromatic amines is 1. The van der Waals surface area contributed by atoms with Crippen LogP contribution in [0.2, 0.25) is 0 Å². The Kier molecular flexibility index (Phi) is 1.25. The first-order valence-corrected chi connectivity index (χ1v) is 4.67. The van der Waals surface area contributed by atoms with Crippen molar-refractivity contribution in [1.29, 1.82) is 0 Å². The number of fused-ring (bicyclic) bond motifs is 2. The topological polar surface area (TPSA) is 54.5 Å². The number of tetrazole rings is 1. The average molecular weight is 164 g/mol. The molecule has 0 radical (unpaired) electrons. The molecule has 4 heteroatoms. The van der Waals surface area contributed by atoms with Crippen LogP contribution in [-0.4, -0.2) is 20.6 Å². The number of rotatable bonds is 1. The molecule has 3 rings (SSSR count). The Morgan fingerprint density at radius 3 is 2.83 bits per heavy atom. The van der Waals surface area contributed by atoms with Gasteiger partial charge < -0.3 is 0 Å². The molecule has 0 saturated heterocycles. The molecule has 3 unspecified atom stereocenters. The lowest BCUT2D eigenvalue weighted by Gasteiger charge is -2.17. The summed E-state index contributed by atoms with van der Waals surface area (Å²) < 4.78 is 0. The summed E-state index contributed by atoms with van der Waals surface area (Å²) >= 11 is 0. The van der Waals surface area contributed by atoms with E-state index < -0.39 is 0 Å². The van der Waals surface area contributed by atoms with Gasteiger partial charge in [-0.15, -0.1) is 10.2 Å². The second kappa shape index (κ2) is 2.28. The van der Waals surface area contributed by atoms with E-state index in [9.17, 15) is 0 Å². The van der Waals surface area contributed by atoms with Crippen LogP contribution in [0.5, 0.6) is 0 Å². The number of nitrogens with one attached hydrogen (secondary N) is 1. The van der Waals surface area contributed by atoms with E-state index in [4.69, 9.17) is 0 Å². The summed E-state index contributed by atoms with van der Waals surface area (Å²) in [6, 6.07) is 0. The molecule has 0 aliphatic heterocycles. The van der Waals surface area contributed by atoms with Crippen LogP contribution in [0.3, 0.4) is 0 Å². The van der Waals surface area contributed by atoms with Crippen molar-refractivity contribution in [2.75, 3.05) is 0 Å². The van der Waals surface area contributed by atoms with E-state index in [0.717, 1.165) is 17.7 Å². The zero-order valence-electron chi connectivity index (χ0n) is 6.90. The minimum absolute atomic E-state index is 0.613. The quantitative estimate of drug-likeness (QED) is 0.676. The lowest BCUT2D eigenvalue weighted by Crippen LogP contribution is -2.10. The second-order valence-electron chi connectivity index (χ2n) is 4.05. The van der Waals surface area contributed by atoms with Crippen molar-refractivity contribution in [1.82, 2.24) is 20.6 Å². The third kappa shape index (κ3) is 0.806. The van der Waals surface area contributed by atoms with Crippen molar-refractivity contribution in [2.45, 2.75) is 31.6 Å². The van der Waals surface area contributed by atoms with E-state index in [2.05, 4.69) is 20.6 Å². The first-order chi connectivity index (χ1) is 5.93. The monoisotopic (exact) mass is 164 g/mol. The minimum atomic E-state index is 0.613. The van der Waals surface area contributed by atoms with Crippen LogP contribution in [-0.2, 0) is 0 Å². The van der Waals surface area contributed by atoms with Crippen LogP contribution < -0.4 is 0 Å². The summed E-state index contributed by atoms with van der Waals surface area (Å²) in [6.07, 6.45) is 5.51. The summed E-state index contributed by atoms with van der Waals surface area (Å²) in [4.78, 5) is 0. The van der Waals surface area contributed by atoms with Crippen LogP contribution in [0, 0.1) is 11.8 Å². The molecule has 4 nitrogen and oxygen atoms in total. The van der Waals surface area contributed by atoms with Gasteiger partial charge >= 0.3 is 0 Å². The van der Waals surface area contributed by atoms with Crippen LogP contribution >= 0.6 is 0 Å². The zero-order chi connectivity index (χ0) is 7.97. The van der Waals surface area contributed by atoms with Gasteiger partial charge in [0.05, 0.1) is 0 Å². The fourth-order valence-corrected chi connectivity index (χ4v) is 2.89. The molecule has 2 aliphatic rings. The third-order valence-corrected chi connectivity index (χ3v) is 3.43. The Bertz CT molecular complexity index is 269. The molecule has 2 aliphatic carbocycles. The van der Waals surface area contributed by atoms with Crippen LogP contribution in [0.15, 0.2) is 0 Å². The van der Waals surface area contributed by atoms with Gasteiger partial charge in [0.15, 0.2) is 5.82 Å². The largest absolute Gasteiger partial charge is 0.177 e. The van der Waals surface area contributed by atoms with Crippen LogP contribution in [0.25, 0.3) is 0 Å². The van der Waals surface area contributed by atoms with E-state index in [1.165, 1.54) is 25.7 Å². The van der Waals surface area contributed by atoms with E-state index in [-0.39, 0.29) is 0 Å². The number of H-pyrrole nitrogens is 1. The fraction of sp³-hybridized carbons (Fsp3) is 0.875. The normalized spacial score (nSPS) is 39.2. The molecule has 0 spiro atoms. The van der Waals surface area contributed by atoms with Crippen LogP contribution in [0.1, 0.15) is 37.4 Å². The van der Waals surface area contributed by atoms with E-state index in [1.54, 1.807) is 0 Å². The molecule has 2 bridgehead atoms. The van der Waals surface area contributed by atoms with Crippen molar-refractivity contribution in [3.05, 3.63) is 5.82 Å². The zero-order valence-corrected chi connectivity index (χ0v) is 6.90. The SMILES string of the molecule is C1CC2CC1CC2c1nn[nH]n1. The molecular formula is C8H12N4. The fourth-order valence-electron chi connectivity index (χ4n) is 2.89. The van der Waals surface area contributed by atoms with E-state index in [0.29, 0.717) is 5.92 Å². The Balaban J connectivity index is 1.87. The van der Waals surface area contributed by atoms with Crippen molar-refractivity contribution in [3.63, 3.8) is 0 Å².